The number of nitrogens with zero attached hydrogens (tertiary/aromatic N) is 2. The molecule has 0 amide bonds. The first-order valence-electron chi connectivity index (χ1n) is 7.06. The van der Waals surface area contributed by atoms with Crippen molar-refractivity contribution in [3.63, 3.8) is 0 Å². The molecule has 1 aromatic heterocycles. The maximum atomic E-state index is 6.17. The molecule has 4 nitrogen and oxygen atoms in total. The summed E-state index contributed by atoms with van der Waals surface area (Å²) in [6, 6.07) is 0.622. The molecule has 2 atom stereocenters. The molecule has 0 bridgehead atoms. The van der Waals surface area contributed by atoms with E-state index in [1.165, 1.54) is 19.3 Å². The predicted molar refractivity (Wildman–Crippen MR) is 72.2 cm³/mol. The van der Waals surface area contributed by atoms with Crippen LogP contribution in [0, 0.1) is 0 Å². The standard InChI is InChI=1S/C14H25N3O/c1-11(2)17-10-16-8-12(17)9-18-14-7-5-3-4-6-13(14)15/h8,10-11,13-14H,3-7,9,15H2,1-2H3. The summed E-state index contributed by atoms with van der Waals surface area (Å²) in [4.78, 5) is 4.20. The molecule has 2 N–H and O–H groups in total. The fourth-order valence-electron chi connectivity index (χ4n) is 2.61. The Kier molecular flexibility index (Phi) is 4.78. The van der Waals surface area contributed by atoms with Crippen LogP contribution in [0.15, 0.2) is 12.5 Å². The zero-order chi connectivity index (χ0) is 13.0. The van der Waals surface area contributed by atoms with E-state index in [1.807, 2.05) is 12.5 Å². The average Bonchev–Trinajstić information content (AvgIpc) is 2.71. The zero-order valence-electron chi connectivity index (χ0n) is 11.5. The summed E-state index contributed by atoms with van der Waals surface area (Å²) in [7, 11) is 0. The van der Waals surface area contributed by atoms with E-state index in [1.54, 1.807) is 0 Å². The minimum Gasteiger partial charge on any atom is -0.370 e. The van der Waals surface area contributed by atoms with Gasteiger partial charge in [-0.2, -0.15) is 0 Å². The number of rotatable bonds is 4. The number of hydrogen-bond donors (Lipinski definition) is 1. The van der Waals surface area contributed by atoms with E-state index in [9.17, 15) is 0 Å². The first-order chi connectivity index (χ1) is 8.68. The molecule has 2 unspecified atom stereocenters. The molecule has 0 spiro atoms. The second kappa shape index (κ2) is 6.34. The second-order valence-electron chi connectivity index (χ2n) is 5.54. The topological polar surface area (TPSA) is 53.1 Å². The van der Waals surface area contributed by atoms with E-state index in [0.717, 1.165) is 18.5 Å². The van der Waals surface area contributed by atoms with E-state index in [-0.39, 0.29) is 12.1 Å². The van der Waals surface area contributed by atoms with Gasteiger partial charge in [0, 0.05) is 12.1 Å². The van der Waals surface area contributed by atoms with Crippen LogP contribution in [0.5, 0.6) is 0 Å². The van der Waals surface area contributed by atoms with Crippen molar-refractivity contribution < 1.29 is 4.74 Å². The lowest BCUT2D eigenvalue weighted by atomic mass is 10.1. The van der Waals surface area contributed by atoms with Gasteiger partial charge in [-0.1, -0.05) is 19.3 Å². The third-order valence-electron chi connectivity index (χ3n) is 3.75. The van der Waals surface area contributed by atoms with Crippen molar-refractivity contribution in [2.24, 2.45) is 5.73 Å². The molecule has 18 heavy (non-hydrogen) atoms. The van der Waals surface area contributed by atoms with Crippen molar-refractivity contribution in [2.45, 2.75) is 70.7 Å². The van der Waals surface area contributed by atoms with Crippen LogP contribution in [0.25, 0.3) is 0 Å². The van der Waals surface area contributed by atoms with Crippen LogP contribution in [-0.4, -0.2) is 21.7 Å². The van der Waals surface area contributed by atoms with E-state index in [0.29, 0.717) is 12.6 Å². The lowest BCUT2D eigenvalue weighted by molar-refractivity contribution is 0.0161. The largest absolute Gasteiger partial charge is 0.370 e. The Morgan fingerprint density at radius 2 is 2.17 bits per heavy atom. The Balaban J connectivity index is 1.91. The van der Waals surface area contributed by atoms with Gasteiger partial charge in [0.1, 0.15) is 0 Å². The summed E-state index contributed by atoms with van der Waals surface area (Å²) in [6.45, 7) is 4.93. The van der Waals surface area contributed by atoms with Gasteiger partial charge in [0.05, 0.1) is 30.9 Å². The van der Waals surface area contributed by atoms with Crippen molar-refractivity contribution in [3.05, 3.63) is 18.2 Å². The molecule has 4 heteroatoms. The Hall–Kier alpha value is -0.870. The summed E-state index contributed by atoms with van der Waals surface area (Å²) in [5.74, 6) is 0. The van der Waals surface area contributed by atoms with Gasteiger partial charge >= 0.3 is 0 Å². The van der Waals surface area contributed by atoms with Crippen molar-refractivity contribution >= 4 is 0 Å². The van der Waals surface area contributed by atoms with Gasteiger partial charge < -0.3 is 15.0 Å². The van der Waals surface area contributed by atoms with Crippen LogP contribution in [0.4, 0.5) is 0 Å². The molecule has 1 heterocycles. The normalized spacial score (nSPS) is 25.3. The van der Waals surface area contributed by atoms with Gasteiger partial charge in [-0.05, 0) is 26.7 Å². The molecule has 1 aliphatic carbocycles. The molecule has 1 saturated carbocycles. The Labute approximate surface area is 110 Å². The van der Waals surface area contributed by atoms with Gasteiger partial charge in [0.2, 0.25) is 0 Å². The summed E-state index contributed by atoms with van der Waals surface area (Å²) in [5, 5.41) is 0. The molecular formula is C14H25N3O. The average molecular weight is 251 g/mol. The van der Waals surface area contributed by atoms with Crippen LogP contribution in [0.2, 0.25) is 0 Å². The fourth-order valence-corrected chi connectivity index (χ4v) is 2.61. The molecule has 1 aliphatic rings. The molecule has 0 radical (unpaired) electrons. The number of imidazole rings is 1. The lowest BCUT2D eigenvalue weighted by Gasteiger charge is -2.22. The summed E-state index contributed by atoms with van der Waals surface area (Å²) in [5.41, 5.74) is 7.31. The monoisotopic (exact) mass is 251 g/mol. The molecule has 0 saturated heterocycles. The first-order valence-corrected chi connectivity index (χ1v) is 7.06. The number of nitrogens with two attached hydrogens (primary N) is 1. The van der Waals surface area contributed by atoms with Crippen molar-refractivity contribution in [1.82, 2.24) is 9.55 Å². The highest BCUT2D eigenvalue weighted by Crippen LogP contribution is 2.21. The van der Waals surface area contributed by atoms with Crippen LogP contribution >= 0.6 is 0 Å². The zero-order valence-corrected chi connectivity index (χ0v) is 11.5. The van der Waals surface area contributed by atoms with Crippen LogP contribution in [0.1, 0.15) is 57.7 Å². The minimum atomic E-state index is 0.197. The number of hydrogen-bond acceptors (Lipinski definition) is 3. The van der Waals surface area contributed by atoms with Gasteiger partial charge in [-0.15, -0.1) is 0 Å². The quantitative estimate of drug-likeness (QED) is 0.837. The number of aromatic nitrogens is 2. The fraction of sp³-hybridized carbons (Fsp3) is 0.786. The summed E-state index contributed by atoms with van der Waals surface area (Å²) >= 11 is 0. The van der Waals surface area contributed by atoms with Crippen molar-refractivity contribution in [1.29, 1.82) is 0 Å². The Morgan fingerprint density at radius 3 is 2.94 bits per heavy atom. The first kappa shape index (κ1) is 13.6. The molecule has 1 aromatic rings. The van der Waals surface area contributed by atoms with E-state index < -0.39 is 0 Å². The smallest absolute Gasteiger partial charge is 0.0951 e. The van der Waals surface area contributed by atoms with Gasteiger partial charge in [0.15, 0.2) is 0 Å². The van der Waals surface area contributed by atoms with Crippen LogP contribution < -0.4 is 5.73 Å². The highest BCUT2D eigenvalue weighted by atomic mass is 16.5. The van der Waals surface area contributed by atoms with Gasteiger partial charge in [0.25, 0.3) is 0 Å². The highest BCUT2D eigenvalue weighted by molar-refractivity contribution is 4.98. The lowest BCUT2D eigenvalue weighted by Crippen LogP contribution is -2.35. The Bertz CT molecular complexity index is 362. The molecule has 102 valence electrons. The molecule has 0 aliphatic heterocycles. The third kappa shape index (κ3) is 3.33. The maximum absolute atomic E-state index is 6.17. The maximum Gasteiger partial charge on any atom is 0.0951 e. The van der Waals surface area contributed by atoms with Gasteiger partial charge in [-0.3, -0.25) is 0 Å². The minimum absolute atomic E-state index is 0.197. The molecule has 0 aromatic carbocycles. The van der Waals surface area contributed by atoms with Crippen molar-refractivity contribution in [3.8, 4) is 0 Å². The van der Waals surface area contributed by atoms with Crippen molar-refractivity contribution in [2.75, 3.05) is 0 Å². The third-order valence-corrected chi connectivity index (χ3v) is 3.75. The Morgan fingerprint density at radius 1 is 1.39 bits per heavy atom. The van der Waals surface area contributed by atoms with E-state index in [2.05, 4.69) is 23.4 Å². The number of ether oxygens (including phenoxy) is 1. The SMILES string of the molecule is CC(C)n1cncc1COC1CCCCCC1N. The van der Waals surface area contributed by atoms with Crippen LogP contribution in [0.3, 0.4) is 0 Å². The molecule has 1 fully saturated rings. The molecular weight excluding hydrogens is 226 g/mol. The summed E-state index contributed by atoms with van der Waals surface area (Å²) < 4.78 is 8.18. The van der Waals surface area contributed by atoms with Gasteiger partial charge in [-0.25, -0.2) is 4.98 Å². The van der Waals surface area contributed by atoms with Crippen LogP contribution in [-0.2, 0) is 11.3 Å². The second-order valence-corrected chi connectivity index (χ2v) is 5.54. The predicted octanol–water partition coefficient (Wildman–Crippen LogP) is 2.64. The van der Waals surface area contributed by atoms with E-state index >= 15 is 0 Å². The highest BCUT2D eigenvalue weighted by Gasteiger charge is 2.21. The molecule has 2 rings (SSSR count). The van der Waals surface area contributed by atoms with E-state index in [4.69, 9.17) is 10.5 Å². The summed E-state index contributed by atoms with van der Waals surface area (Å²) in [6.07, 6.45) is 9.93.